The van der Waals surface area contributed by atoms with E-state index in [1.165, 1.54) is 13.8 Å². The minimum absolute atomic E-state index is 0.0687. The van der Waals surface area contributed by atoms with Gasteiger partial charge in [-0.05, 0) is 31.5 Å². The second kappa shape index (κ2) is 6.66. The minimum atomic E-state index is -4.38. The van der Waals surface area contributed by atoms with E-state index in [1.807, 2.05) is 0 Å². The molecule has 22 heavy (non-hydrogen) atoms. The van der Waals surface area contributed by atoms with Crippen molar-refractivity contribution in [1.29, 1.82) is 0 Å². The Balaban J connectivity index is 3.09. The number of nitrogens with zero attached hydrogens (tertiary/aromatic N) is 1. The first-order valence-electron chi connectivity index (χ1n) is 6.33. The van der Waals surface area contributed by atoms with Gasteiger partial charge in [-0.25, -0.2) is 8.42 Å². The second-order valence-corrected chi connectivity index (χ2v) is 6.86. The molecule has 0 unspecified atom stereocenters. The standard InChI is InChI=1S/C13H16F3NO4S/c1-9(2)17(8-12(18)19)22(20,21)11-5-3-10(4-6-11)7-13(14,15)16/h3-6,9H,7-8H2,1-2H3,(H,18,19). The number of carboxylic acid groups (broad SMARTS) is 1. The average Bonchev–Trinajstić information content (AvgIpc) is 2.34. The summed E-state index contributed by atoms with van der Waals surface area (Å²) in [7, 11) is -4.08. The van der Waals surface area contributed by atoms with Crippen LogP contribution in [0.2, 0.25) is 0 Å². The van der Waals surface area contributed by atoms with Crippen LogP contribution in [0.3, 0.4) is 0 Å². The summed E-state index contributed by atoms with van der Waals surface area (Å²) < 4.78 is 62.2. The smallest absolute Gasteiger partial charge is 0.393 e. The van der Waals surface area contributed by atoms with Crippen LogP contribution in [-0.2, 0) is 21.2 Å². The highest BCUT2D eigenvalue weighted by molar-refractivity contribution is 7.89. The number of hydrogen-bond acceptors (Lipinski definition) is 3. The van der Waals surface area contributed by atoms with Crippen LogP contribution in [0, 0.1) is 0 Å². The summed E-state index contributed by atoms with van der Waals surface area (Å²) >= 11 is 0. The molecule has 9 heteroatoms. The van der Waals surface area contributed by atoms with Crippen molar-refractivity contribution in [3.8, 4) is 0 Å². The molecule has 124 valence electrons. The number of carboxylic acids is 1. The van der Waals surface area contributed by atoms with Crippen molar-refractivity contribution in [3.63, 3.8) is 0 Å². The summed E-state index contributed by atoms with van der Waals surface area (Å²) in [5, 5.41) is 8.78. The topological polar surface area (TPSA) is 74.7 Å². The summed E-state index contributed by atoms with van der Waals surface area (Å²) in [6.07, 6.45) is -5.54. The van der Waals surface area contributed by atoms with E-state index >= 15 is 0 Å². The number of rotatable bonds is 6. The lowest BCUT2D eigenvalue weighted by Gasteiger charge is -2.24. The number of carbonyl (C=O) groups is 1. The van der Waals surface area contributed by atoms with Crippen LogP contribution in [0.15, 0.2) is 29.2 Å². The summed E-state index contributed by atoms with van der Waals surface area (Å²) in [6, 6.07) is 3.64. The fraction of sp³-hybridized carbons (Fsp3) is 0.462. The molecule has 1 aromatic rings. The lowest BCUT2D eigenvalue weighted by molar-refractivity contribution is -0.137. The predicted octanol–water partition coefficient (Wildman–Crippen LogP) is 2.28. The Kier molecular flexibility index (Phi) is 5.58. The van der Waals surface area contributed by atoms with Crippen LogP contribution < -0.4 is 0 Å². The van der Waals surface area contributed by atoms with E-state index in [2.05, 4.69) is 0 Å². The van der Waals surface area contributed by atoms with E-state index in [9.17, 15) is 26.4 Å². The van der Waals surface area contributed by atoms with Crippen molar-refractivity contribution < 1.29 is 31.5 Å². The minimum Gasteiger partial charge on any atom is -0.480 e. The maximum absolute atomic E-state index is 12.3. The molecular weight excluding hydrogens is 323 g/mol. The van der Waals surface area contributed by atoms with Crippen LogP contribution in [-0.4, -0.2) is 42.6 Å². The lowest BCUT2D eigenvalue weighted by atomic mass is 10.1. The number of sulfonamides is 1. The third-order valence-corrected chi connectivity index (χ3v) is 4.84. The van der Waals surface area contributed by atoms with Crippen LogP contribution in [0.5, 0.6) is 0 Å². The molecule has 1 N–H and O–H groups in total. The molecule has 0 aliphatic carbocycles. The van der Waals surface area contributed by atoms with Crippen LogP contribution >= 0.6 is 0 Å². The van der Waals surface area contributed by atoms with E-state index in [4.69, 9.17) is 5.11 Å². The molecule has 0 aliphatic rings. The van der Waals surface area contributed by atoms with Gasteiger partial charge in [-0.2, -0.15) is 17.5 Å². The zero-order valence-electron chi connectivity index (χ0n) is 12.0. The monoisotopic (exact) mass is 339 g/mol. The van der Waals surface area contributed by atoms with Crippen molar-refractivity contribution >= 4 is 16.0 Å². The first-order valence-corrected chi connectivity index (χ1v) is 7.77. The van der Waals surface area contributed by atoms with Gasteiger partial charge in [0.25, 0.3) is 0 Å². The molecule has 0 bridgehead atoms. The highest BCUT2D eigenvalue weighted by atomic mass is 32.2. The average molecular weight is 339 g/mol. The zero-order valence-corrected chi connectivity index (χ0v) is 12.8. The molecule has 0 radical (unpaired) electrons. The number of halogens is 3. The van der Waals surface area contributed by atoms with E-state index < -0.39 is 41.2 Å². The Bertz CT molecular complexity index is 624. The molecule has 0 saturated carbocycles. The summed E-state index contributed by atoms with van der Waals surface area (Å²) in [5.41, 5.74) is -0.0687. The van der Waals surface area contributed by atoms with Gasteiger partial charge < -0.3 is 5.11 Å². The van der Waals surface area contributed by atoms with Crippen LogP contribution in [0.25, 0.3) is 0 Å². The zero-order chi connectivity index (χ0) is 17.1. The fourth-order valence-electron chi connectivity index (χ4n) is 1.82. The number of alkyl halides is 3. The molecule has 0 atom stereocenters. The van der Waals surface area contributed by atoms with Gasteiger partial charge in [0.15, 0.2) is 0 Å². The Hall–Kier alpha value is -1.61. The Morgan fingerprint density at radius 2 is 1.73 bits per heavy atom. The molecule has 1 aromatic carbocycles. The van der Waals surface area contributed by atoms with Gasteiger partial charge in [-0.1, -0.05) is 12.1 Å². The summed E-state index contributed by atoms with van der Waals surface area (Å²) in [5.74, 6) is -1.31. The van der Waals surface area contributed by atoms with Crippen molar-refractivity contribution in [1.82, 2.24) is 4.31 Å². The maximum Gasteiger partial charge on any atom is 0.393 e. The molecular formula is C13H16F3NO4S. The number of aliphatic carboxylic acids is 1. The lowest BCUT2D eigenvalue weighted by Crippen LogP contribution is -2.40. The van der Waals surface area contributed by atoms with Crippen molar-refractivity contribution in [2.45, 2.75) is 37.4 Å². The fourth-order valence-corrected chi connectivity index (χ4v) is 3.41. The van der Waals surface area contributed by atoms with Gasteiger partial charge in [0, 0.05) is 6.04 Å². The van der Waals surface area contributed by atoms with E-state index in [0.29, 0.717) is 0 Å². The molecule has 0 aliphatic heterocycles. The molecule has 1 rings (SSSR count). The van der Waals surface area contributed by atoms with E-state index in [0.717, 1.165) is 28.6 Å². The Morgan fingerprint density at radius 1 is 1.23 bits per heavy atom. The first-order chi connectivity index (χ1) is 9.93. The predicted molar refractivity (Wildman–Crippen MR) is 72.9 cm³/mol. The number of benzene rings is 1. The SMILES string of the molecule is CC(C)N(CC(=O)O)S(=O)(=O)c1ccc(CC(F)(F)F)cc1. The van der Waals surface area contributed by atoms with Gasteiger partial charge in [0.2, 0.25) is 10.0 Å². The van der Waals surface area contributed by atoms with Gasteiger partial charge in [0.05, 0.1) is 11.3 Å². The third kappa shape index (κ3) is 4.99. The summed E-state index contributed by atoms with van der Waals surface area (Å²) in [6.45, 7) is 2.31. The van der Waals surface area contributed by atoms with Crippen LogP contribution in [0.1, 0.15) is 19.4 Å². The van der Waals surface area contributed by atoms with Gasteiger partial charge in [-0.3, -0.25) is 4.79 Å². The van der Waals surface area contributed by atoms with E-state index in [-0.39, 0.29) is 10.5 Å². The molecule has 0 spiro atoms. The maximum atomic E-state index is 12.3. The highest BCUT2D eigenvalue weighted by Crippen LogP contribution is 2.23. The molecule has 5 nitrogen and oxygen atoms in total. The quantitative estimate of drug-likeness (QED) is 0.863. The molecule has 0 fully saturated rings. The molecule has 0 amide bonds. The molecule has 0 aromatic heterocycles. The van der Waals surface area contributed by atoms with Crippen molar-refractivity contribution in [3.05, 3.63) is 29.8 Å². The molecule has 0 heterocycles. The van der Waals surface area contributed by atoms with Crippen molar-refractivity contribution in [2.24, 2.45) is 0 Å². The summed E-state index contributed by atoms with van der Waals surface area (Å²) in [4.78, 5) is 10.5. The largest absolute Gasteiger partial charge is 0.480 e. The van der Waals surface area contributed by atoms with Gasteiger partial charge in [0.1, 0.15) is 6.54 Å². The molecule has 0 saturated heterocycles. The Morgan fingerprint density at radius 3 is 2.09 bits per heavy atom. The van der Waals surface area contributed by atoms with Gasteiger partial charge >= 0.3 is 12.1 Å². The van der Waals surface area contributed by atoms with Crippen molar-refractivity contribution in [2.75, 3.05) is 6.54 Å². The number of hydrogen-bond donors (Lipinski definition) is 1. The second-order valence-electron chi connectivity index (χ2n) is 4.97. The Labute approximate surface area is 126 Å². The highest BCUT2D eigenvalue weighted by Gasteiger charge is 2.30. The third-order valence-electron chi connectivity index (χ3n) is 2.80. The van der Waals surface area contributed by atoms with Crippen LogP contribution in [0.4, 0.5) is 13.2 Å². The van der Waals surface area contributed by atoms with E-state index in [1.54, 1.807) is 0 Å². The van der Waals surface area contributed by atoms with Gasteiger partial charge in [-0.15, -0.1) is 0 Å². The first kappa shape index (κ1) is 18.4. The normalized spacial score (nSPS) is 12.9.